The highest BCUT2D eigenvalue weighted by Crippen LogP contribution is 2.14. The number of carboxylic acids is 1. The molecule has 0 aromatic carbocycles. The molecule has 2 aliphatic heterocycles. The monoisotopic (exact) mass is 300 g/mol. The van der Waals surface area contributed by atoms with E-state index in [0.717, 1.165) is 25.9 Å². The number of ether oxygens (including phenoxy) is 2. The van der Waals surface area contributed by atoms with Gasteiger partial charge >= 0.3 is 5.97 Å². The first-order valence-electron chi connectivity index (χ1n) is 7.49. The first-order chi connectivity index (χ1) is 10.0. The van der Waals surface area contributed by atoms with E-state index in [9.17, 15) is 9.59 Å². The second-order valence-electron chi connectivity index (χ2n) is 5.70. The molecule has 0 bridgehead atoms. The number of hydrogen-bond acceptors (Lipinski definition) is 5. The fourth-order valence-electron chi connectivity index (χ4n) is 2.76. The number of carbonyl (C=O) groups excluding carboxylic acids is 1. The average Bonchev–Trinajstić information content (AvgIpc) is 2.46. The number of nitrogens with zero attached hydrogens (tertiary/aromatic N) is 2. The van der Waals surface area contributed by atoms with Gasteiger partial charge in [-0.3, -0.25) is 9.69 Å². The number of carboxylic acid groups (broad SMARTS) is 1. The summed E-state index contributed by atoms with van der Waals surface area (Å²) in [6, 6.07) is 0. The van der Waals surface area contributed by atoms with Gasteiger partial charge in [0.1, 0.15) is 6.61 Å². The fourth-order valence-corrected chi connectivity index (χ4v) is 2.76. The number of morpholine rings is 1. The second kappa shape index (κ2) is 7.72. The number of likely N-dealkylation sites (tertiary alicyclic amines) is 1. The lowest BCUT2D eigenvalue weighted by Gasteiger charge is -2.35. The molecule has 21 heavy (non-hydrogen) atoms. The summed E-state index contributed by atoms with van der Waals surface area (Å²) < 4.78 is 10.7. The largest absolute Gasteiger partial charge is 0.480 e. The molecule has 1 N–H and O–H groups in total. The highest BCUT2D eigenvalue weighted by Gasteiger charge is 2.26. The van der Waals surface area contributed by atoms with Crippen LogP contribution in [0.25, 0.3) is 0 Å². The zero-order chi connectivity index (χ0) is 15.2. The van der Waals surface area contributed by atoms with E-state index in [1.165, 1.54) is 0 Å². The molecule has 2 rings (SSSR count). The third-order valence-corrected chi connectivity index (χ3v) is 3.93. The number of piperidine rings is 1. The summed E-state index contributed by atoms with van der Waals surface area (Å²) in [6.07, 6.45) is 1.66. The maximum Gasteiger partial charge on any atom is 0.329 e. The van der Waals surface area contributed by atoms with Crippen LogP contribution in [0.3, 0.4) is 0 Å². The van der Waals surface area contributed by atoms with Crippen LogP contribution in [0.15, 0.2) is 0 Å². The number of rotatable bonds is 5. The molecule has 1 unspecified atom stereocenters. The SMILES string of the molecule is CC1CN(C(=O)CN2CCC(OCC(=O)O)CC2)CCO1. The quantitative estimate of drug-likeness (QED) is 0.757. The maximum atomic E-state index is 12.2. The molecule has 2 saturated heterocycles. The van der Waals surface area contributed by atoms with Crippen LogP contribution >= 0.6 is 0 Å². The maximum absolute atomic E-state index is 12.2. The van der Waals surface area contributed by atoms with Crippen molar-refractivity contribution < 1.29 is 24.2 Å². The first-order valence-corrected chi connectivity index (χ1v) is 7.49. The summed E-state index contributed by atoms with van der Waals surface area (Å²) >= 11 is 0. The van der Waals surface area contributed by atoms with Gasteiger partial charge in [-0.2, -0.15) is 0 Å². The van der Waals surface area contributed by atoms with E-state index in [1.807, 2.05) is 11.8 Å². The summed E-state index contributed by atoms with van der Waals surface area (Å²) in [5, 5.41) is 8.58. The number of hydrogen-bond donors (Lipinski definition) is 1. The molecule has 2 heterocycles. The number of amides is 1. The van der Waals surface area contributed by atoms with Crippen molar-refractivity contribution >= 4 is 11.9 Å². The van der Waals surface area contributed by atoms with Crippen molar-refractivity contribution in [3.63, 3.8) is 0 Å². The van der Waals surface area contributed by atoms with E-state index in [0.29, 0.717) is 26.2 Å². The van der Waals surface area contributed by atoms with Crippen molar-refractivity contribution in [1.29, 1.82) is 0 Å². The van der Waals surface area contributed by atoms with Crippen molar-refractivity contribution in [2.24, 2.45) is 0 Å². The fraction of sp³-hybridized carbons (Fsp3) is 0.857. The Hall–Kier alpha value is -1.18. The molecular weight excluding hydrogens is 276 g/mol. The normalized spacial score (nSPS) is 25.0. The van der Waals surface area contributed by atoms with E-state index < -0.39 is 5.97 Å². The molecular formula is C14H24N2O5. The Morgan fingerprint density at radius 2 is 2.00 bits per heavy atom. The lowest BCUT2D eigenvalue weighted by atomic mass is 10.1. The Bertz CT molecular complexity index is 368. The van der Waals surface area contributed by atoms with E-state index >= 15 is 0 Å². The van der Waals surface area contributed by atoms with Gasteiger partial charge in [-0.15, -0.1) is 0 Å². The molecule has 0 saturated carbocycles. The lowest BCUT2D eigenvalue weighted by molar-refractivity contribution is -0.145. The summed E-state index contributed by atoms with van der Waals surface area (Å²) in [4.78, 5) is 26.7. The second-order valence-corrected chi connectivity index (χ2v) is 5.70. The van der Waals surface area contributed by atoms with Gasteiger partial charge in [0.15, 0.2) is 0 Å². The molecule has 0 radical (unpaired) electrons. The van der Waals surface area contributed by atoms with Gasteiger partial charge in [-0.05, 0) is 19.8 Å². The van der Waals surface area contributed by atoms with Gasteiger partial charge in [0.2, 0.25) is 5.91 Å². The van der Waals surface area contributed by atoms with Crippen molar-refractivity contribution in [2.75, 3.05) is 45.9 Å². The Kier molecular flexibility index (Phi) is 5.96. The predicted molar refractivity (Wildman–Crippen MR) is 75.0 cm³/mol. The molecule has 0 aliphatic carbocycles. The smallest absolute Gasteiger partial charge is 0.329 e. The Balaban J connectivity index is 1.68. The van der Waals surface area contributed by atoms with Crippen molar-refractivity contribution in [1.82, 2.24) is 9.80 Å². The zero-order valence-electron chi connectivity index (χ0n) is 12.5. The minimum Gasteiger partial charge on any atom is -0.480 e. The third kappa shape index (κ3) is 5.26. The van der Waals surface area contributed by atoms with E-state index in [1.54, 1.807) is 0 Å². The number of carbonyl (C=O) groups is 2. The van der Waals surface area contributed by atoms with Crippen molar-refractivity contribution in [3.8, 4) is 0 Å². The highest BCUT2D eigenvalue weighted by atomic mass is 16.5. The standard InChI is InChI=1S/C14H24N2O5/c1-11-8-16(6-7-20-11)13(17)9-15-4-2-12(3-5-15)21-10-14(18)19/h11-12H,2-10H2,1H3,(H,18,19). The first kappa shape index (κ1) is 16.2. The van der Waals surface area contributed by atoms with Crippen LogP contribution in [-0.2, 0) is 19.1 Å². The molecule has 1 amide bonds. The Labute approximate surface area is 124 Å². The molecule has 7 nitrogen and oxygen atoms in total. The highest BCUT2D eigenvalue weighted by molar-refractivity contribution is 5.78. The summed E-state index contributed by atoms with van der Waals surface area (Å²) in [7, 11) is 0. The topological polar surface area (TPSA) is 79.3 Å². The predicted octanol–water partition coefficient (Wildman–Crippen LogP) is -0.201. The minimum atomic E-state index is -0.936. The Morgan fingerprint density at radius 3 is 2.62 bits per heavy atom. The molecule has 7 heteroatoms. The van der Waals surface area contributed by atoms with Gasteiger partial charge < -0.3 is 19.5 Å². The summed E-state index contributed by atoms with van der Waals surface area (Å²) in [6.45, 7) is 5.65. The van der Waals surface area contributed by atoms with E-state index in [-0.39, 0.29) is 24.7 Å². The third-order valence-electron chi connectivity index (χ3n) is 3.93. The Morgan fingerprint density at radius 1 is 1.29 bits per heavy atom. The molecule has 0 aromatic heterocycles. The summed E-state index contributed by atoms with van der Waals surface area (Å²) in [5.74, 6) is -0.788. The number of aliphatic carboxylic acids is 1. The van der Waals surface area contributed by atoms with Gasteiger partial charge in [-0.25, -0.2) is 4.79 Å². The van der Waals surface area contributed by atoms with Crippen molar-refractivity contribution in [2.45, 2.75) is 32.0 Å². The van der Waals surface area contributed by atoms with Crippen LogP contribution in [0.2, 0.25) is 0 Å². The van der Waals surface area contributed by atoms with Gasteiger partial charge in [0.25, 0.3) is 0 Å². The van der Waals surface area contributed by atoms with E-state index in [4.69, 9.17) is 14.6 Å². The summed E-state index contributed by atoms with van der Waals surface area (Å²) in [5.41, 5.74) is 0. The van der Waals surface area contributed by atoms with Crippen LogP contribution in [0.1, 0.15) is 19.8 Å². The molecule has 1 atom stereocenters. The molecule has 2 aliphatic rings. The molecule has 2 fully saturated rings. The van der Waals surface area contributed by atoms with Crippen LogP contribution < -0.4 is 0 Å². The van der Waals surface area contributed by atoms with Crippen LogP contribution in [-0.4, -0.2) is 84.9 Å². The van der Waals surface area contributed by atoms with Gasteiger partial charge in [-0.1, -0.05) is 0 Å². The molecule has 0 spiro atoms. The minimum absolute atomic E-state index is 0.00383. The van der Waals surface area contributed by atoms with E-state index in [2.05, 4.69) is 4.90 Å². The van der Waals surface area contributed by atoms with Crippen LogP contribution in [0.4, 0.5) is 0 Å². The van der Waals surface area contributed by atoms with Crippen LogP contribution in [0, 0.1) is 0 Å². The average molecular weight is 300 g/mol. The van der Waals surface area contributed by atoms with Crippen LogP contribution in [0.5, 0.6) is 0 Å². The molecule has 0 aromatic rings. The molecule has 120 valence electrons. The van der Waals surface area contributed by atoms with Crippen molar-refractivity contribution in [3.05, 3.63) is 0 Å². The zero-order valence-corrected chi connectivity index (χ0v) is 12.5. The van der Waals surface area contributed by atoms with Gasteiger partial charge in [0.05, 0.1) is 25.4 Å². The van der Waals surface area contributed by atoms with Gasteiger partial charge in [0, 0.05) is 26.2 Å². The lowest BCUT2D eigenvalue weighted by Crippen LogP contribution is -2.49.